The summed E-state index contributed by atoms with van der Waals surface area (Å²) in [7, 11) is 0. The Morgan fingerprint density at radius 3 is 3.00 bits per heavy atom. The maximum atomic E-state index is 10.5. The van der Waals surface area contributed by atoms with Crippen LogP contribution in [0.1, 0.15) is 19.8 Å². The van der Waals surface area contributed by atoms with Gasteiger partial charge in [0, 0.05) is 12.5 Å². The van der Waals surface area contributed by atoms with Crippen LogP contribution in [-0.4, -0.2) is 12.6 Å². The lowest BCUT2D eigenvalue weighted by molar-refractivity contribution is -0.138. The highest BCUT2D eigenvalue weighted by atomic mass is 16.5. The van der Waals surface area contributed by atoms with Crippen molar-refractivity contribution >= 4 is 5.97 Å². The highest BCUT2D eigenvalue weighted by Crippen LogP contribution is 2.10. The van der Waals surface area contributed by atoms with Crippen molar-refractivity contribution in [1.29, 1.82) is 0 Å². The van der Waals surface area contributed by atoms with Gasteiger partial charge in [-0.3, -0.25) is 0 Å². The van der Waals surface area contributed by atoms with Gasteiger partial charge >= 0.3 is 5.97 Å². The molecule has 9 heavy (non-hydrogen) atoms. The van der Waals surface area contributed by atoms with E-state index in [9.17, 15) is 4.79 Å². The Morgan fingerprint density at radius 2 is 2.56 bits per heavy atom. The molecule has 0 aromatic carbocycles. The van der Waals surface area contributed by atoms with Crippen LogP contribution in [-0.2, 0) is 9.53 Å². The number of hydrogen-bond donors (Lipinski definition) is 0. The molecule has 0 aliphatic carbocycles. The van der Waals surface area contributed by atoms with Gasteiger partial charge in [0.1, 0.15) is 0 Å². The first-order valence-electron chi connectivity index (χ1n) is 3.19. The normalized spacial score (nSPS) is 18.8. The van der Waals surface area contributed by atoms with Crippen molar-refractivity contribution in [3.8, 4) is 0 Å². The Balaban J connectivity index is 2.59. The van der Waals surface area contributed by atoms with Gasteiger partial charge in [-0.25, -0.2) is 4.79 Å². The smallest absolute Gasteiger partial charge is 0.330 e. The third-order valence-electron chi connectivity index (χ3n) is 1.44. The third-order valence-corrected chi connectivity index (χ3v) is 1.44. The standard InChI is InChI=1S/C7H10O2/c1-2-6-3-4-9-7(8)5-6/h5H,2-4H2,1H3. The molecule has 1 heterocycles. The van der Waals surface area contributed by atoms with Gasteiger partial charge in [0.15, 0.2) is 0 Å². The van der Waals surface area contributed by atoms with Crippen LogP contribution in [0.2, 0.25) is 0 Å². The highest BCUT2D eigenvalue weighted by molar-refractivity contribution is 5.83. The number of rotatable bonds is 1. The van der Waals surface area contributed by atoms with Crippen LogP contribution in [0.3, 0.4) is 0 Å². The zero-order chi connectivity index (χ0) is 6.69. The van der Waals surface area contributed by atoms with E-state index < -0.39 is 0 Å². The van der Waals surface area contributed by atoms with E-state index in [0.717, 1.165) is 12.8 Å². The lowest BCUT2D eigenvalue weighted by Crippen LogP contribution is -2.09. The second-order valence-corrected chi connectivity index (χ2v) is 2.07. The third kappa shape index (κ3) is 1.56. The Hall–Kier alpha value is -0.790. The SMILES string of the molecule is CCC1=CC(=O)OCC1. The first-order chi connectivity index (χ1) is 4.33. The van der Waals surface area contributed by atoms with E-state index in [1.807, 2.05) is 6.92 Å². The van der Waals surface area contributed by atoms with Crippen LogP contribution in [0.4, 0.5) is 0 Å². The van der Waals surface area contributed by atoms with Crippen LogP contribution in [0.25, 0.3) is 0 Å². The van der Waals surface area contributed by atoms with E-state index in [-0.39, 0.29) is 5.97 Å². The number of esters is 1. The van der Waals surface area contributed by atoms with Crippen molar-refractivity contribution in [1.82, 2.24) is 0 Å². The molecule has 0 saturated heterocycles. The summed E-state index contributed by atoms with van der Waals surface area (Å²) in [6.45, 7) is 2.61. The predicted molar refractivity (Wildman–Crippen MR) is 33.9 cm³/mol. The van der Waals surface area contributed by atoms with E-state index in [1.165, 1.54) is 5.57 Å². The quantitative estimate of drug-likeness (QED) is 0.494. The molecular weight excluding hydrogens is 116 g/mol. The molecule has 0 amide bonds. The second-order valence-electron chi connectivity index (χ2n) is 2.07. The van der Waals surface area contributed by atoms with Crippen LogP contribution in [0.15, 0.2) is 11.6 Å². The topological polar surface area (TPSA) is 26.3 Å². The van der Waals surface area contributed by atoms with E-state index >= 15 is 0 Å². The van der Waals surface area contributed by atoms with Gasteiger partial charge in [-0.1, -0.05) is 12.5 Å². The van der Waals surface area contributed by atoms with E-state index in [4.69, 9.17) is 4.74 Å². The van der Waals surface area contributed by atoms with Gasteiger partial charge in [0.2, 0.25) is 0 Å². The largest absolute Gasteiger partial charge is 0.462 e. The number of ether oxygens (including phenoxy) is 1. The van der Waals surface area contributed by atoms with Crippen molar-refractivity contribution in [2.45, 2.75) is 19.8 Å². The fourth-order valence-corrected chi connectivity index (χ4v) is 0.842. The molecule has 0 radical (unpaired) electrons. The van der Waals surface area contributed by atoms with Crippen molar-refractivity contribution in [3.63, 3.8) is 0 Å². The maximum absolute atomic E-state index is 10.5. The van der Waals surface area contributed by atoms with Crippen molar-refractivity contribution in [2.75, 3.05) is 6.61 Å². The summed E-state index contributed by atoms with van der Waals surface area (Å²) in [4.78, 5) is 10.5. The van der Waals surface area contributed by atoms with Crippen molar-refractivity contribution in [3.05, 3.63) is 11.6 Å². The first-order valence-corrected chi connectivity index (χ1v) is 3.19. The summed E-state index contributed by atoms with van der Waals surface area (Å²) in [5, 5.41) is 0. The lowest BCUT2D eigenvalue weighted by atomic mass is 10.1. The minimum Gasteiger partial charge on any atom is -0.462 e. The van der Waals surface area contributed by atoms with E-state index in [1.54, 1.807) is 6.08 Å². The monoisotopic (exact) mass is 126 g/mol. The summed E-state index contributed by atoms with van der Waals surface area (Å²) in [6, 6.07) is 0. The lowest BCUT2D eigenvalue weighted by Gasteiger charge is -2.10. The number of carbonyl (C=O) groups is 1. The number of hydrogen-bond acceptors (Lipinski definition) is 2. The highest BCUT2D eigenvalue weighted by Gasteiger charge is 2.07. The molecule has 1 aliphatic rings. The van der Waals surface area contributed by atoms with Gasteiger partial charge in [0.25, 0.3) is 0 Å². The van der Waals surface area contributed by atoms with Crippen LogP contribution in [0.5, 0.6) is 0 Å². The van der Waals surface area contributed by atoms with Gasteiger partial charge in [0.05, 0.1) is 6.61 Å². The van der Waals surface area contributed by atoms with E-state index in [2.05, 4.69) is 0 Å². The Kier molecular flexibility index (Phi) is 1.88. The van der Waals surface area contributed by atoms with Crippen LogP contribution >= 0.6 is 0 Å². The molecule has 2 nitrogen and oxygen atoms in total. The first kappa shape index (κ1) is 6.33. The average molecular weight is 126 g/mol. The van der Waals surface area contributed by atoms with Crippen LogP contribution in [0, 0.1) is 0 Å². The minimum absolute atomic E-state index is 0.182. The zero-order valence-corrected chi connectivity index (χ0v) is 5.52. The fraction of sp³-hybridized carbons (Fsp3) is 0.571. The molecule has 0 bridgehead atoms. The zero-order valence-electron chi connectivity index (χ0n) is 5.52. The Labute approximate surface area is 54.5 Å². The molecule has 0 aromatic rings. The molecule has 0 fully saturated rings. The molecule has 0 N–H and O–H groups in total. The molecule has 1 aliphatic heterocycles. The summed E-state index contributed by atoms with van der Waals surface area (Å²) in [6.07, 6.45) is 3.47. The second kappa shape index (κ2) is 2.67. The number of carbonyl (C=O) groups excluding carboxylic acids is 1. The summed E-state index contributed by atoms with van der Waals surface area (Å²) >= 11 is 0. The van der Waals surface area contributed by atoms with Crippen LogP contribution < -0.4 is 0 Å². The van der Waals surface area contributed by atoms with Gasteiger partial charge in [-0.15, -0.1) is 0 Å². The molecule has 1 rings (SSSR count). The summed E-state index contributed by atoms with van der Waals surface area (Å²) in [5.74, 6) is -0.182. The number of cyclic esters (lactones) is 1. The molecule has 0 aromatic heterocycles. The molecule has 2 heteroatoms. The predicted octanol–water partition coefficient (Wildman–Crippen LogP) is 1.27. The molecule has 0 spiro atoms. The van der Waals surface area contributed by atoms with Crippen molar-refractivity contribution in [2.24, 2.45) is 0 Å². The van der Waals surface area contributed by atoms with Gasteiger partial charge in [-0.2, -0.15) is 0 Å². The maximum Gasteiger partial charge on any atom is 0.330 e. The van der Waals surface area contributed by atoms with Gasteiger partial charge < -0.3 is 4.74 Å². The average Bonchev–Trinajstić information content (AvgIpc) is 1.88. The Bertz CT molecular complexity index is 147. The Morgan fingerprint density at radius 1 is 1.78 bits per heavy atom. The summed E-state index contributed by atoms with van der Waals surface area (Å²) < 4.78 is 4.69. The van der Waals surface area contributed by atoms with Crippen molar-refractivity contribution < 1.29 is 9.53 Å². The van der Waals surface area contributed by atoms with E-state index in [0.29, 0.717) is 6.61 Å². The minimum atomic E-state index is -0.182. The fourth-order valence-electron chi connectivity index (χ4n) is 0.842. The molecular formula is C7H10O2. The molecule has 0 atom stereocenters. The molecule has 0 saturated carbocycles. The molecule has 50 valence electrons. The summed E-state index contributed by atoms with van der Waals surface area (Å²) in [5.41, 5.74) is 1.20. The van der Waals surface area contributed by atoms with Gasteiger partial charge in [-0.05, 0) is 6.42 Å². The molecule has 0 unspecified atom stereocenters.